The summed E-state index contributed by atoms with van der Waals surface area (Å²) in [6, 6.07) is 0. The van der Waals surface area contributed by atoms with E-state index >= 15 is 0 Å². The van der Waals surface area contributed by atoms with Crippen LogP contribution in [0.4, 0.5) is 0 Å². The standard InChI is InChI=1S/C7H12N2.C2H6/c1-4-6-7(3)9-8-5-2;1-2/h4-6H,1-3H3;1-2H3/b6-4-,8-5-,9-7-;. The van der Waals surface area contributed by atoms with Crippen molar-refractivity contribution in [3.63, 3.8) is 0 Å². The molecule has 0 N–H and O–H groups in total. The fraction of sp³-hybridized carbons (Fsp3) is 0.556. The van der Waals surface area contributed by atoms with E-state index in [4.69, 9.17) is 0 Å². The highest BCUT2D eigenvalue weighted by Crippen LogP contribution is 1.80. The van der Waals surface area contributed by atoms with Crippen LogP contribution in [0.15, 0.2) is 22.4 Å². The SMILES string of the molecule is CC.C\C=C/C(C)=N\N=C/C. The van der Waals surface area contributed by atoms with Crippen molar-refractivity contribution in [3.8, 4) is 0 Å². The molecule has 0 unspecified atom stereocenters. The largest absolute Gasteiger partial charge is 0.164 e. The van der Waals surface area contributed by atoms with Gasteiger partial charge in [0.1, 0.15) is 0 Å². The lowest BCUT2D eigenvalue weighted by Crippen LogP contribution is -1.80. The molecule has 64 valence electrons. The summed E-state index contributed by atoms with van der Waals surface area (Å²) in [7, 11) is 0. The van der Waals surface area contributed by atoms with Gasteiger partial charge in [-0.15, -0.1) is 0 Å². The first kappa shape index (κ1) is 12.7. The molecule has 0 heterocycles. The molecular weight excluding hydrogens is 136 g/mol. The van der Waals surface area contributed by atoms with Gasteiger partial charge in [0.15, 0.2) is 0 Å². The molecule has 0 aromatic rings. The monoisotopic (exact) mass is 154 g/mol. The molecule has 0 aliphatic heterocycles. The summed E-state index contributed by atoms with van der Waals surface area (Å²) in [5, 5.41) is 7.53. The molecule has 0 radical (unpaired) electrons. The maximum Gasteiger partial charge on any atom is 0.0596 e. The van der Waals surface area contributed by atoms with Gasteiger partial charge in [-0.3, -0.25) is 0 Å². The van der Waals surface area contributed by atoms with Crippen LogP contribution in [0.3, 0.4) is 0 Å². The minimum Gasteiger partial charge on any atom is -0.164 e. The molecule has 0 aliphatic rings. The Hall–Kier alpha value is -0.920. The Morgan fingerprint density at radius 2 is 1.73 bits per heavy atom. The molecule has 0 aromatic carbocycles. The first-order valence-electron chi connectivity index (χ1n) is 3.96. The van der Waals surface area contributed by atoms with Crippen molar-refractivity contribution >= 4 is 11.9 Å². The van der Waals surface area contributed by atoms with E-state index in [1.165, 1.54) is 0 Å². The van der Waals surface area contributed by atoms with Gasteiger partial charge in [-0.05, 0) is 26.8 Å². The second-order valence-corrected chi connectivity index (χ2v) is 1.62. The summed E-state index contributed by atoms with van der Waals surface area (Å²) in [6.07, 6.45) is 5.50. The zero-order valence-corrected chi connectivity index (χ0v) is 8.13. The van der Waals surface area contributed by atoms with Crippen LogP contribution in [0.1, 0.15) is 34.6 Å². The number of rotatable bonds is 2. The molecule has 0 saturated heterocycles. The fourth-order valence-corrected chi connectivity index (χ4v) is 0.423. The molecule has 0 aliphatic carbocycles. The van der Waals surface area contributed by atoms with E-state index in [0.717, 1.165) is 5.71 Å². The van der Waals surface area contributed by atoms with Gasteiger partial charge in [-0.1, -0.05) is 19.9 Å². The Balaban J connectivity index is 0. The molecule has 0 bridgehead atoms. The molecule has 0 atom stereocenters. The molecule has 2 heteroatoms. The second-order valence-electron chi connectivity index (χ2n) is 1.62. The Bertz CT molecular complexity index is 144. The lowest BCUT2D eigenvalue weighted by molar-refractivity contribution is 1.24. The van der Waals surface area contributed by atoms with Crippen molar-refractivity contribution in [1.82, 2.24) is 0 Å². The molecule has 11 heavy (non-hydrogen) atoms. The average molecular weight is 154 g/mol. The predicted molar refractivity (Wildman–Crippen MR) is 53.4 cm³/mol. The van der Waals surface area contributed by atoms with Gasteiger partial charge in [0.2, 0.25) is 0 Å². The van der Waals surface area contributed by atoms with Gasteiger partial charge in [-0.2, -0.15) is 10.2 Å². The summed E-state index contributed by atoms with van der Waals surface area (Å²) >= 11 is 0. The minimum atomic E-state index is 0.926. The van der Waals surface area contributed by atoms with Crippen LogP contribution in [0, 0.1) is 0 Å². The molecule has 2 nitrogen and oxygen atoms in total. The fourth-order valence-electron chi connectivity index (χ4n) is 0.423. The van der Waals surface area contributed by atoms with Crippen molar-refractivity contribution in [2.75, 3.05) is 0 Å². The van der Waals surface area contributed by atoms with Crippen LogP contribution >= 0.6 is 0 Å². The predicted octanol–water partition coefficient (Wildman–Crippen LogP) is 3.06. The van der Waals surface area contributed by atoms with Gasteiger partial charge in [0.05, 0.1) is 5.71 Å². The molecule has 0 rings (SSSR count). The first-order valence-corrected chi connectivity index (χ1v) is 3.96. The van der Waals surface area contributed by atoms with E-state index in [-0.39, 0.29) is 0 Å². The topological polar surface area (TPSA) is 24.7 Å². The lowest BCUT2D eigenvalue weighted by Gasteiger charge is -1.82. The highest BCUT2D eigenvalue weighted by Gasteiger charge is 1.75. The van der Waals surface area contributed by atoms with Crippen molar-refractivity contribution in [1.29, 1.82) is 0 Å². The van der Waals surface area contributed by atoms with Crippen LogP contribution in [0.5, 0.6) is 0 Å². The third-order valence-electron chi connectivity index (χ3n) is 0.739. The highest BCUT2D eigenvalue weighted by molar-refractivity contribution is 5.92. The van der Waals surface area contributed by atoms with Crippen LogP contribution in [-0.4, -0.2) is 11.9 Å². The normalized spacial score (nSPS) is 11.9. The van der Waals surface area contributed by atoms with Gasteiger partial charge in [0.25, 0.3) is 0 Å². The van der Waals surface area contributed by atoms with Crippen molar-refractivity contribution in [2.24, 2.45) is 10.2 Å². The summed E-state index contributed by atoms with van der Waals surface area (Å²) < 4.78 is 0. The van der Waals surface area contributed by atoms with Gasteiger partial charge >= 0.3 is 0 Å². The van der Waals surface area contributed by atoms with Crippen LogP contribution in [0.25, 0.3) is 0 Å². The van der Waals surface area contributed by atoms with Crippen LogP contribution in [0.2, 0.25) is 0 Å². The minimum absolute atomic E-state index is 0.926. The summed E-state index contributed by atoms with van der Waals surface area (Å²) in [5.41, 5.74) is 0.926. The Morgan fingerprint density at radius 1 is 1.18 bits per heavy atom. The van der Waals surface area contributed by atoms with Gasteiger partial charge in [-0.25, -0.2) is 0 Å². The summed E-state index contributed by atoms with van der Waals surface area (Å²) in [6.45, 7) is 9.70. The van der Waals surface area contributed by atoms with E-state index in [1.54, 1.807) is 6.21 Å². The molecule has 0 saturated carbocycles. The summed E-state index contributed by atoms with van der Waals surface area (Å²) in [4.78, 5) is 0. The highest BCUT2D eigenvalue weighted by atomic mass is 15.2. The molecular formula is C9H18N2. The van der Waals surface area contributed by atoms with E-state index < -0.39 is 0 Å². The smallest absolute Gasteiger partial charge is 0.0596 e. The van der Waals surface area contributed by atoms with E-state index in [1.807, 2.05) is 46.8 Å². The molecule has 0 spiro atoms. The number of nitrogens with zero attached hydrogens (tertiary/aromatic N) is 2. The van der Waals surface area contributed by atoms with Crippen molar-refractivity contribution < 1.29 is 0 Å². The lowest BCUT2D eigenvalue weighted by atomic mass is 10.4. The number of allylic oxidation sites excluding steroid dienone is 2. The quantitative estimate of drug-likeness (QED) is 0.431. The van der Waals surface area contributed by atoms with Crippen molar-refractivity contribution in [2.45, 2.75) is 34.6 Å². The molecule has 0 aromatic heterocycles. The van der Waals surface area contributed by atoms with E-state index in [2.05, 4.69) is 10.2 Å². The Kier molecular flexibility index (Phi) is 13.7. The Labute approximate surface area is 69.7 Å². The van der Waals surface area contributed by atoms with E-state index in [0.29, 0.717) is 0 Å². The zero-order valence-electron chi connectivity index (χ0n) is 8.13. The number of hydrogen-bond donors (Lipinski definition) is 0. The van der Waals surface area contributed by atoms with Crippen LogP contribution < -0.4 is 0 Å². The van der Waals surface area contributed by atoms with Crippen LogP contribution in [-0.2, 0) is 0 Å². The first-order chi connectivity index (χ1) is 5.31. The second kappa shape index (κ2) is 11.8. The third kappa shape index (κ3) is 12.3. The molecule has 0 amide bonds. The van der Waals surface area contributed by atoms with Crippen molar-refractivity contribution in [3.05, 3.63) is 12.2 Å². The van der Waals surface area contributed by atoms with Gasteiger partial charge in [0, 0.05) is 6.21 Å². The van der Waals surface area contributed by atoms with Gasteiger partial charge < -0.3 is 0 Å². The number of hydrogen-bond acceptors (Lipinski definition) is 2. The average Bonchev–Trinajstić information content (AvgIpc) is 2.05. The maximum absolute atomic E-state index is 3.83. The Morgan fingerprint density at radius 3 is 2.09 bits per heavy atom. The zero-order chi connectivity index (χ0) is 9.11. The third-order valence-corrected chi connectivity index (χ3v) is 0.739. The molecule has 0 fully saturated rings. The maximum atomic E-state index is 3.83. The summed E-state index contributed by atoms with van der Waals surface area (Å²) in [5.74, 6) is 0. The van der Waals surface area contributed by atoms with E-state index in [9.17, 15) is 0 Å².